The zero-order chi connectivity index (χ0) is 16.8. The standard InChI is InChI=1S/C20H24N2O2/c1-2-7-15-8-3-4-9-17(15)20(23)22-16-11-13-24-19(14-16)18-10-5-6-12-21-18/h3-6,8-10,12,16,19H,2,7,11,13-14H2,1H3,(H,22,23)/t16-,19-/m0/s1. The second kappa shape index (κ2) is 8.06. The summed E-state index contributed by atoms with van der Waals surface area (Å²) in [6, 6.07) is 13.8. The Labute approximate surface area is 143 Å². The summed E-state index contributed by atoms with van der Waals surface area (Å²) in [6.45, 7) is 2.77. The highest BCUT2D eigenvalue weighted by molar-refractivity contribution is 5.95. The molecule has 1 aliphatic rings. The van der Waals surface area contributed by atoms with Gasteiger partial charge in [-0.25, -0.2) is 0 Å². The van der Waals surface area contributed by atoms with Crippen LogP contribution in [0, 0.1) is 0 Å². The number of benzene rings is 1. The molecule has 3 rings (SSSR count). The van der Waals surface area contributed by atoms with E-state index in [0.717, 1.165) is 42.5 Å². The molecule has 1 fully saturated rings. The second-order valence-corrected chi connectivity index (χ2v) is 6.22. The zero-order valence-corrected chi connectivity index (χ0v) is 14.1. The van der Waals surface area contributed by atoms with Crippen molar-refractivity contribution in [3.63, 3.8) is 0 Å². The Balaban J connectivity index is 1.66. The predicted octanol–water partition coefficient (Wildman–Crippen LogP) is 3.68. The summed E-state index contributed by atoms with van der Waals surface area (Å²) in [7, 11) is 0. The summed E-state index contributed by atoms with van der Waals surface area (Å²) < 4.78 is 5.83. The summed E-state index contributed by atoms with van der Waals surface area (Å²) >= 11 is 0. The minimum atomic E-state index is -0.0452. The first-order valence-electron chi connectivity index (χ1n) is 8.69. The lowest BCUT2D eigenvalue weighted by Gasteiger charge is -2.30. The molecule has 4 heteroatoms. The first kappa shape index (κ1) is 16.7. The van der Waals surface area contributed by atoms with Gasteiger partial charge in [0.1, 0.15) is 6.10 Å². The Kier molecular flexibility index (Phi) is 5.59. The Morgan fingerprint density at radius 3 is 2.88 bits per heavy atom. The first-order chi connectivity index (χ1) is 11.8. The summed E-state index contributed by atoms with van der Waals surface area (Å²) in [4.78, 5) is 17.1. The number of pyridine rings is 1. The number of aromatic nitrogens is 1. The summed E-state index contributed by atoms with van der Waals surface area (Å²) in [5.74, 6) is 0.0192. The molecule has 0 radical (unpaired) electrons. The van der Waals surface area contributed by atoms with Crippen LogP contribution in [0.2, 0.25) is 0 Å². The van der Waals surface area contributed by atoms with E-state index in [1.807, 2.05) is 42.5 Å². The number of carbonyl (C=O) groups excluding carboxylic acids is 1. The van der Waals surface area contributed by atoms with Gasteiger partial charge in [-0.3, -0.25) is 9.78 Å². The third-order valence-electron chi connectivity index (χ3n) is 4.42. The van der Waals surface area contributed by atoms with E-state index in [0.29, 0.717) is 6.61 Å². The average molecular weight is 324 g/mol. The van der Waals surface area contributed by atoms with Crippen molar-refractivity contribution < 1.29 is 9.53 Å². The fourth-order valence-corrected chi connectivity index (χ4v) is 3.19. The van der Waals surface area contributed by atoms with Crippen LogP contribution in [0.1, 0.15) is 53.9 Å². The van der Waals surface area contributed by atoms with E-state index in [9.17, 15) is 4.79 Å². The summed E-state index contributed by atoms with van der Waals surface area (Å²) in [5, 5.41) is 3.19. The number of amides is 1. The van der Waals surface area contributed by atoms with Gasteiger partial charge in [0.05, 0.1) is 5.69 Å². The molecule has 126 valence electrons. The number of ether oxygens (including phenoxy) is 1. The molecule has 1 amide bonds. The monoisotopic (exact) mass is 324 g/mol. The third-order valence-corrected chi connectivity index (χ3v) is 4.42. The molecular weight excluding hydrogens is 300 g/mol. The number of nitrogens with one attached hydrogen (secondary N) is 1. The molecule has 0 aliphatic carbocycles. The number of hydrogen-bond acceptors (Lipinski definition) is 3. The number of hydrogen-bond donors (Lipinski definition) is 1. The number of carbonyl (C=O) groups is 1. The van der Waals surface area contributed by atoms with E-state index in [1.165, 1.54) is 0 Å². The first-order valence-corrected chi connectivity index (χ1v) is 8.69. The minimum absolute atomic E-state index is 0.0192. The predicted molar refractivity (Wildman–Crippen MR) is 93.9 cm³/mol. The van der Waals surface area contributed by atoms with Gasteiger partial charge < -0.3 is 10.1 Å². The Morgan fingerprint density at radius 1 is 1.25 bits per heavy atom. The molecule has 0 spiro atoms. The highest BCUT2D eigenvalue weighted by atomic mass is 16.5. The molecule has 1 aromatic heterocycles. The van der Waals surface area contributed by atoms with E-state index in [1.54, 1.807) is 6.20 Å². The maximum absolute atomic E-state index is 12.7. The number of nitrogens with zero attached hydrogens (tertiary/aromatic N) is 1. The van der Waals surface area contributed by atoms with Crippen LogP contribution < -0.4 is 5.32 Å². The summed E-state index contributed by atoms with van der Waals surface area (Å²) in [5.41, 5.74) is 2.84. The van der Waals surface area contributed by atoms with Gasteiger partial charge in [-0.2, -0.15) is 0 Å². The molecule has 2 heterocycles. The van der Waals surface area contributed by atoms with Crippen molar-refractivity contribution in [2.45, 2.75) is 44.8 Å². The molecule has 1 N–H and O–H groups in total. The quantitative estimate of drug-likeness (QED) is 0.912. The highest BCUT2D eigenvalue weighted by Gasteiger charge is 2.26. The van der Waals surface area contributed by atoms with Crippen LogP contribution >= 0.6 is 0 Å². The van der Waals surface area contributed by atoms with Gasteiger partial charge in [-0.05, 0) is 43.0 Å². The van der Waals surface area contributed by atoms with Crippen molar-refractivity contribution in [2.75, 3.05) is 6.61 Å². The van der Waals surface area contributed by atoms with Crippen molar-refractivity contribution in [1.82, 2.24) is 10.3 Å². The van der Waals surface area contributed by atoms with E-state index in [4.69, 9.17) is 4.74 Å². The van der Waals surface area contributed by atoms with Crippen LogP contribution in [0.3, 0.4) is 0 Å². The maximum Gasteiger partial charge on any atom is 0.251 e. The van der Waals surface area contributed by atoms with E-state index < -0.39 is 0 Å². The van der Waals surface area contributed by atoms with Crippen LogP contribution in [0.5, 0.6) is 0 Å². The molecule has 24 heavy (non-hydrogen) atoms. The van der Waals surface area contributed by atoms with Crippen LogP contribution in [-0.2, 0) is 11.2 Å². The molecule has 2 atom stereocenters. The van der Waals surface area contributed by atoms with E-state index in [-0.39, 0.29) is 18.1 Å². The van der Waals surface area contributed by atoms with Crippen LogP contribution in [0.4, 0.5) is 0 Å². The normalized spacial score (nSPS) is 20.5. The van der Waals surface area contributed by atoms with Gasteiger partial charge in [0.25, 0.3) is 5.91 Å². The fourth-order valence-electron chi connectivity index (χ4n) is 3.19. The van der Waals surface area contributed by atoms with E-state index >= 15 is 0 Å². The van der Waals surface area contributed by atoms with Gasteiger partial charge in [-0.1, -0.05) is 37.6 Å². The minimum Gasteiger partial charge on any atom is -0.372 e. The largest absolute Gasteiger partial charge is 0.372 e. The Hall–Kier alpha value is -2.20. The van der Waals surface area contributed by atoms with Crippen LogP contribution in [0.15, 0.2) is 48.7 Å². The lowest BCUT2D eigenvalue weighted by Crippen LogP contribution is -2.40. The molecule has 0 unspecified atom stereocenters. The van der Waals surface area contributed by atoms with Gasteiger partial charge in [0.2, 0.25) is 0 Å². The topological polar surface area (TPSA) is 51.2 Å². The number of aryl methyl sites for hydroxylation is 1. The summed E-state index contributed by atoms with van der Waals surface area (Å²) in [6.07, 6.45) is 5.29. The van der Waals surface area contributed by atoms with E-state index in [2.05, 4.69) is 17.2 Å². The molecule has 1 aromatic carbocycles. The SMILES string of the molecule is CCCc1ccccc1C(=O)N[C@H]1CCO[C@H](c2ccccn2)C1. The van der Waals surface area contributed by atoms with Gasteiger partial charge >= 0.3 is 0 Å². The average Bonchev–Trinajstić information content (AvgIpc) is 2.63. The van der Waals surface area contributed by atoms with Crippen molar-refractivity contribution in [3.05, 3.63) is 65.5 Å². The third kappa shape index (κ3) is 4.01. The molecule has 4 nitrogen and oxygen atoms in total. The lowest BCUT2D eigenvalue weighted by atomic mass is 9.98. The molecule has 2 aromatic rings. The molecule has 1 aliphatic heterocycles. The number of rotatable bonds is 5. The van der Waals surface area contributed by atoms with Crippen molar-refractivity contribution in [2.24, 2.45) is 0 Å². The smallest absolute Gasteiger partial charge is 0.251 e. The van der Waals surface area contributed by atoms with Gasteiger partial charge in [0, 0.05) is 24.4 Å². The lowest BCUT2D eigenvalue weighted by molar-refractivity contribution is -0.00152. The Bertz CT molecular complexity index is 672. The fraction of sp³-hybridized carbons (Fsp3) is 0.400. The van der Waals surface area contributed by atoms with Crippen LogP contribution in [-0.4, -0.2) is 23.5 Å². The molecule has 0 bridgehead atoms. The second-order valence-electron chi connectivity index (χ2n) is 6.22. The van der Waals surface area contributed by atoms with Crippen LogP contribution in [0.25, 0.3) is 0 Å². The molecular formula is C20H24N2O2. The van der Waals surface area contributed by atoms with Crippen molar-refractivity contribution in [3.8, 4) is 0 Å². The van der Waals surface area contributed by atoms with Gasteiger partial charge in [-0.15, -0.1) is 0 Å². The Morgan fingerprint density at radius 2 is 2.08 bits per heavy atom. The maximum atomic E-state index is 12.7. The molecule has 1 saturated heterocycles. The van der Waals surface area contributed by atoms with Crippen molar-refractivity contribution in [1.29, 1.82) is 0 Å². The van der Waals surface area contributed by atoms with Crippen molar-refractivity contribution >= 4 is 5.91 Å². The van der Waals surface area contributed by atoms with Gasteiger partial charge in [0.15, 0.2) is 0 Å². The highest BCUT2D eigenvalue weighted by Crippen LogP contribution is 2.27. The zero-order valence-electron chi connectivity index (χ0n) is 14.1. The molecule has 0 saturated carbocycles.